The molecule has 0 fully saturated rings. The summed E-state index contributed by atoms with van der Waals surface area (Å²) in [7, 11) is 0. The standard InChI is InChI=1S/C13H17BrN2O/c1-7(2)11-12(9(4)17)16-6-8(3)5-10(14)13(16)15-11/h5-7,9,17H,1-4H3. The Kier molecular flexibility index (Phi) is 3.27. The van der Waals surface area contributed by atoms with Gasteiger partial charge in [-0.3, -0.25) is 4.40 Å². The lowest BCUT2D eigenvalue weighted by Gasteiger charge is -2.10. The van der Waals surface area contributed by atoms with Gasteiger partial charge in [0.25, 0.3) is 0 Å². The number of hydrogen-bond acceptors (Lipinski definition) is 2. The van der Waals surface area contributed by atoms with Gasteiger partial charge in [0.05, 0.1) is 22.0 Å². The number of aromatic nitrogens is 2. The van der Waals surface area contributed by atoms with Crippen molar-refractivity contribution in [1.29, 1.82) is 0 Å². The van der Waals surface area contributed by atoms with Crippen LogP contribution < -0.4 is 0 Å². The van der Waals surface area contributed by atoms with Gasteiger partial charge in [-0.05, 0) is 47.3 Å². The van der Waals surface area contributed by atoms with Crippen LogP contribution >= 0.6 is 15.9 Å². The van der Waals surface area contributed by atoms with E-state index in [0.717, 1.165) is 27.1 Å². The van der Waals surface area contributed by atoms with Crippen molar-refractivity contribution in [2.24, 2.45) is 0 Å². The molecule has 1 unspecified atom stereocenters. The van der Waals surface area contributed by atoms with Gasteiger partial charge in [0.15, 0.2) is 5.65 Å². The molecule has 0 aromatic carbocycles. The first-order chi connectivity index (χ1) is 7.91. The van der Waals surface area contributed by atoms with Gasteiger partial charge in [-0.2, -0.15) is 0 Å². The van der Waals surface area contributed by atoms with Gasteiger partial charge in [-0.1, -0.05) is 13.8 Å². The second kappa shape index (κ2) is 4.42. The average molecular weight is 297 g/mol. The van der Waals surface area contributed by atoms with Gasteiger partial charge in [0.1, 0.15) is 0 Å². The zero-order valence-electron chi connectivity index (χ0n) is 10.5. The molecule has 0 amide bonds. The quantitative estimate of drug-likeness (QED) is 0.920. The van der Waals surface area contributed by atoms with E-state index in [-0.39, 0.29) is 0 Å². The summed E-state index contributed by atoms with van der Waals surface area (Å²) in [5.74, 6) is 0.298. The van der Waals surface area contributed by atoms with Crippen molar-refractivity contribution in [3.05, 3.63) is 33.7 Å². The van der Waals surface area contributed by atoms with Gasteiger partial charge in [0, 0.05) is 6.20 Å². The molecule has 0 radical (unpaired) electrons. The van der Waals surface area contributed by atoms with Crippen LogP contribution in [0.4, 0.5) is 0 Å². The molecule has 92 valence electrons. The molecule has 1 N–H and O–H groups in total. The van der Waals surface area contributed by atoms with Crippen LogP contribution in [-0.4, -0.2) is 14.5 Å². The number of rotatable bonds is 2. The molecule has 0 saturated heterocycles. The van der Waals surface area contributed by atoms with Crippen LogP contribution in [0.3, 0.4) is 0 Å². The fraction of sp³-hybridized carbons (Fsp3) is 0.462. The molecule has 4 heteroatoms. The Morgan fingerprint density at radius 1 is 1.35 bits per heavy atom. The van der Waals surface area contributed by atoms with Gasteiger partial charge >= 0.3 is 0 Å². The van der Waals surface area contributed by atoms with E-state index in [1.165, 1.54) is 0 Å². The number of nitrogens with zero attached hydrogens (tertiary/aromatic N) is 2. The minimum absolute atomic E-state index is 0.298. The third kappa shape index (κ3) is 2.11. The largest absolute Gasteiger partial charge is 0.387 e. The highest BCUT2D eigenvalue weighted by Crippen LogP contribution is 2.29. The van der Waals surface area contributed by atoms with Crippen molar-refractivity contribution in [2.75, 3.05) is 0 Å². The Bertz CT molecular complexity index is 558. The van der Waals surface area contributed by atoms with Crippen molar-refractivity contribution < 1.29 is 5.11 Å². The summed E-state index contributed by atoms with van der Waals surface area (Å²) in [5, 5.41) is 9.95. The number of aliphatic hydroxyl groups excluding tert-OH is 1. The first-order valence-corrected chi connectivity index (χ1v) is 6.57. The maximum atomic E-state index is 9.95. The van der Waals surface area contributed by atoms with Crippen LogP contribution in [-0.2, 0) is 0 Å². The third-order valence-electron chi connectivity index (χ3n) is 2.82. The highest BCUT2D eigenvalue weighted by atomic mass is 79.9. The first-order valence-electron chi connectivity index (χ1n) is 5.78. The predicted octanol–water partition coefficient (Wildman–Crippen LogP) is 3.58. The summed E-state index contributed by atoms with van der Waals surface area (Å²) in [6, 6.07) is 2.04. The van der Waals surface area contributed by atoms with Crippen LogP contribution in [0, 0.1) is 6.92 Å². The Labute approximate surface area is 110 Å². The van der Waals surface area contributed by atoms with Crippen molar-refractivity contribution in [1.82, 2.24) is 9.38 Å². The SMILES string of the molecule is Cc1cc(Br)c2nc(C(C)C)c(C(C)O)n2c1. The Hall–Kier alpha value is -0.870. The fourth-order valence-corrected chi connectivity index (χ4v) is 2.75. The van der Waals surface area contributed by atoms with Crippen LogP contribution in [0.2, 0.25) is 0 Å². The van der Waals surface area contributed by atoms with Crippen molar-refractivity contribution in [3.63, 3.8) is 0 Å². The molecule has 0 spiro atoms. The Morgan fingerprint density at radius 2 is 2.00 bits per heavy atom. The molecule has 2 rings (SSSR count). The average Bonchev–Trinajstić information content (AvgIpc) is 2.56. The zero-order chi connectivity index (χ0) is 12.7. The molecule has 2 heterocycles. The highest BCUT2D eigenvalue weighted by molar-refractivity contribution is 9.10. The number of fused-ring (bicyclic) bond motifs is 1. The second-order valence-electron chi connectivity index (χ2n) is 4.77. The second-order valence-corrected chi connectivity index (χ2v) is 5.63. The summed E-state index contributed by atoms with van der Waals surface area (Å²) in [5.41, 5.74) is 3.86. The van der Waals surface area contributed by atoms with E-state index in [9.17, 15) is 5.11 Å². The summed E-state index contributed by atoms with van der Waals surface area (Å²) in [6.45, 7) is 8.00. The van der Waals surface area contributed by atoms with Crippen LogP contribution in [0.25, 0.3) is 5.65 Å². The topological polar surface area (TPSA) is 37.5 Å². The summed E-state index contributed by atoms with van der Waals surface area (Å²) in [6.07, 6.45) is 1.50. The van der Waals surface area contributed by atoms with Crippen molar-refractivity contribution in [2.45, 2.75) is 39.7 Å². The van der Waals surface area contributed by atoms with Crippen LogP contribution in [0.5, 0.6) is 0 Å². The van der Waals surface area contributed by atoms with Gasteiger partial charge < -0.3 is 5.11 Å². The number of aryl methyl sites for hydroxylation is 1. The maximum Gasteiger partial charge on any atom is 0.151 e. The zero-order valence-corrected chi connectivity index (χ0v) is 12.1. The third-order valence-corrected chi connectivity index (χ3v) is 3.40. The molecule has 17 heavy (non-hydrogen) atoms. The number of pyridine rings is 1. The lowest BCUT2D eigenvalue weighted by Crippen LogP contribution is -2.03. The number of halogens is 1. The molecule has 2 aromatic heterocycles. The van der Waals surface area contributed by atoms with Crippen LogP contribution in [0.15, 0.2) is 16.7 Å². The minimum atomic E-state index is -0.518. The molecule has 2 aromatic rings. The molecule has 0 bridgehead atoms. The summed E-state index contributed by atoms with van der Waals surface area (Å²) >= 11 is 3.53. The van der Waals surface area contributed by atoms with Crippen molar-refractivity contribution in [3.8, 4) is 0 Å². The van der Waals surface area contributed by atoms with E-state index >= 15 is 0 Å². The number of aliphatic hydroxyl groups is 1. The molecular formula is C13H17BrN2O. The van der Waals surface area contributed by atoms with Gasteiger partial charge in [-0.15, -0.1) is 0 Å². The van der Waals surface area contributed by atoms with E-state index in [4.69, 9.17) is 0 Å². The summed E-state index contributed by atoms with van der Waals surface area (Å²) in [4.78, 5) is 4.63. The van der Waals surface area contributed by atoms with E-state index in [1.54, 1.807) is 6.92 Å². The summed E-state index contributed by atoms with van der Waals surface area (Å²) < 4.78 is 2.95. The van der Waals surface area contributed by atoms with Crippen LogP contribution in [0.1, 0.15) is 49.7 Å². The van der Waals surface area contributed by atoms with E-state index < -0.39 is 6.10 Å². The van der Waals surface area contributed by atoms with E-state index in [1.807, 2.05) is 23.6 Å². The fourth-order valence-electron chi connectivity index (χ4n) is 2.11. The maximum absolute atomic E-state index is 9.95. The molecular weight excluding hydrogens is 280 g/mol. The van der Waals surface area contributed by atoms with Gasteiger partial charge in [0.2, 0.25) is 0 Å². The first kappa shape index (κ1) is 12.6. The smallest absolute Gasteiger partial charge is 0.151 e. The molecule has 0 aliphatic carbocycles. The van der Waals surface area contributed by atoms with Gasteiger partial charge in [-0.25, -0.2) is 4.98 Å². The Balaban J connectivity index is 2.85. The lowest BCUT2D eigenvalue weighted by molar-refractivity contribution is 0.191. The molecule has 0 saturated carbocycles. The molecule has 0 aliphatic rings. The molecule has 1 atom stereocenters. The highest BCUT2D eigenvalue weighted by Gasteiger charge is 2.20. The predicted molar refractivity (Wildman–Crippen MR) is 72.4 cm³/mol. The monoisotopic (exact) mass is 296 g/mol. The normalized spacial score (nSPS) is 13.6. The van der Waals surface area contributed by atoms with E-state index in [2.05, 4.69) is 34.8 Å². The van der Waals surface area contributed by atoms with E-state index in [0.29, 0.717) is 5.92 Å². The Morgan fingerprint density at radius 3 is 2.53 bits per heavy atom. The lowest BCUT2D eigenvalue weighted by atomic mass is 10.1. The minimum Gasteiger partial charge on any atom is -0.387 e. The molecule has 0 aliphatic heterocycles. The molecule has 3 nitrogen and oxygen atoms in total. The number of hydrogen-bond donors (Lipinski definition) is 1. The number of imidazole rings is 1. The van der Waals surface area contributed by atoms with Crippen molar-refractivity contribution >= 4 is 21.6 Å².